The molecule has 2 N–H and O–H groups in total. The highest BCUT2D eigenvalue weighted by Gasteiger charge is 2.47. The largest absolute Gasteiger partial charge is 0.354 e. The summed E-state index contributed by atoms with van der Waals surface area (Å²) < 4.78 is 0. The number of amides is 1. The third kappa shape index (κ3) is 3.71. The molecule has 0 bridgehead atoms. The minimum Gasteiger partial charge on any atom is -0.354 e. The van der Waals surface area contributed by atoms with E-state index in [1.165, 1.54) is 38.5 Å². The first-order valence-electron chi connectivity index (χ1n) is 7.78. The van der Waals surface area contributed by atoms with E-state index in [9.17, 15) is 4.79 Å². The summed E-state index contributed by atoms with van der Waals surface area (Å²) in [6.07, 6.45) is 11.3. The lowest BCUT2D eigenvalue weighted by Gasteiger charge is -2.17. The van der Waals surface area contributed by atoms with Crippen LogP contribution in [0.4, 0.5) is 0 Å². The Morgan fingerprint density at radius 1 is 1.11 bits per heavy atom. The summed E-state index contributed by atoms with van der Waals surface area (Å²) in [7, 11) is 0. The van der Waals surface area contributed by atoms with Crippen molar-refractivity contribution in [2.24, 2.45) is 5.41 Å². The molecule has 0 aromatic carbocycles. The van der Waals surface area contributed by atoms with Crippen LogP contribution in [0.1, 0.15) is 64.7 Å². The van der Waals surface area contributed by atoms with Crippen LogP contribution in [0.5, 0.6) is 0 Å². The van der Waals surface area contributed by atoms with Gasteiger partial charge in [0.15, 0.2) is 0 Å². The molecule has 3 nitrogen and oxygen atoms in total. The summed E-state index contributed by atoms with van der Waals surface area (Å²) in [5, 5.41) is 6.68. The topological polar surface area (TPSA) is 41.1 Å². The average Bonchev–Trinajstić information content (AvgIpc) is 3.19. The lowest BCUT2D eigenvalue weighted by Crippen LogP contribution is -2.39. The molecule has 0 saturated heterocycles. The van der Waals surface area contributed by atoms with Gasteiger partial charge in [0.05, 0.1) is 0 Å². The quantitative estimate of drug-likeness (QED) is 0.563. The van der Waals surface area contributed by atoms with E-state index in [0.29, 0.717) is 6.04 Å². The minimum atomic E-state index is 0.0162. The van der Waals surface area contributed by atoms with Crippen molar-refractivity contribution >= 4 is 5.91 Å². The van der Waals surface area contributed by atoms with Crippen LogP contribution in [0.25, 0.3) is 0 Å². The van der Waals surface area contributed by atoms with Gasteiger partial charge in [-0.15, -0.1) is 0 Å². The van der Waals surface area contributed by atoms with Crippen LogP contribution in [0.2, 0.25) is 0 Å². The number of hydrogen-bond donors (Lipinski definition) is 2. The Morgan fingerprint density at radius 3 is 2.33 bits per heavy atom. The molecule has 0 aromatic heterocycles. The molecule has 0 heterocycles. The highest BCUT2D eigenvalue weighted by molar-refractivity contribution is 5.85. The van der Waals surface area contributed by atoms with Crippen molar-refractivity contribution in [3.63, 3.8) is 0 Å². The Bertz CT molecular complexity index is 266. The van der Waals surface area contributed by atoms with E-state index in [2.05, 4.69) is 17.6 Å². The van der Waals surface area contributed by atoms with Gasteiger partial charge in [0.2, 0.25) is 5.91 Å². The predicted molar refractivity (Wildman–Crippen MR) is 74.5 cm³/mol. The summed E-state index contributed by atoms with van der Waals surface area (Å²) in [6, 6.07) is 0.686. The van der Waals surface area contributed by atoms with E-state index in [1.54, 1.807) is 0 Å². The molecule has 2 saturated carbocycles. The Hall–Kier alpha value is -0.570. The maximum atomic E-state index is 11.9. The molecule has 2 aliphatic carbocycles. The van der Waals surface area contributed by atoms with Crippen molar-refractivity contribution in [1.82, 2.24) is 10.6 Å². The lowest BCUT2D eigenvalue weighted by molar-refractivity contribution is -0.126. The van der Waals surface area contributed by atoms with Gasteiger partial charge in [0.25, 0.3) is 0 Å². The van der Waals surface area contributed by atoms with Crippen LogP contribution < -0.4 is 10.6 Å². The zero-order chi connectivity index (χ0) is 12.8. The third-order valence-electron chi connectivity index (χ3n) is 4.71. The third-order valence-corrected chi connectivity index (χ3v) is 4.71. The molecule has 2 fully saturated rings. The Kier molecular flexibility index (Phi) is 5.04. The van der Waals surface area contributed by atoms with Crippen molar-refractivity contribution < 1.29 is 4.79 Å². The summed E-state index contributed by atoms with van der Waals surface area (Å²) >= 11 is 0. The van der Waals surface area contributed by atoms with E-state index in [-0.39, 0.29) is 11.3 Å². The van der Waals surface area contributed by atoms with Crippen molar-refractivity contribution in [3.8, 4) is 0 Å². The molecule has 1 amide bonds. The highest BCUT2D eigenvalue weighted by atomic mass is 16.2. The Balaban J connectivity index is 1.56. The van der Waals surface area contributed by atoms with Gasteiger partial charge in [-0.2, -0.15) is 0 Å². The van der Waals surface area contributed by atoms with Crippen molar-refractivity contribution in [1.29, 1.82) is 0 Å². The first-order chi connectivity index (χ1) is 8.77. The summed E-state index contributed by atoms with van der Waals surface area (Å²) in [5.41, 5.74) is 0.0162. The van der Waals surface area contributed by atoms with Gasteiger partial charge < -0.3 is 10.6 Å². The van der Waals surface area contributed by atoms with E-state index in [1.807, 2.05) is 0 Å². The fourth-order valence-electron chi connectivity index (χ4n) is 3.02. The molecule has 104 valence electrons. The molecule has 2 aliphatic rings. The van der Waals surface area contributed by atoms with Gasteiger partial charge in [-0.25, -0.2) is 0 Å². The monoisotopic (exact) mass is 252 g/mol. The first kappa shape index (κ1) is 13.9. The zero-order valence-electron chi connectivity index (χ0n) is 11.8. The van der Waals surface area contributed by atoms with E-state index in [4.69, 9.17) is 0 Å². The number of nitrogens with one attached hydrogen (secondary N) is 2. The number of carbonyl (C=O) groups excluding carboxylic acids is 1. The van der Waals surface area contributed by atoms with Gasteiger partial charge in [-0.1, -0.05) is 32.6 Å². The molecule has 0 aliphatic heterocycles. The second kappa shape index (κ2) is 6.55. The summed E-state index contributed by atoms with van der Waals surface area (Å²) in [4.78, 5) is 11.9. The van der Waals surface area contributed by atoms with Crippen LogP contribution >= 0.6 is 0 Å². The van der Waals surface area contributed by atoms with Crippen LogP contribution in [-0.2, 0) is 4.79 Å². The van der Waals surface area contributed by atoms with E-state index >= 15 is 0 Å². The molecule has 0 atom stereocenters. The maximum absolute atomic E-state index is 11.9. The molecule has 2 rings (SSSR count). The first-order valence-corrected chi connectivity index (χ1v) is 7.78. The molecule has 0 radical (unpaired) electrons. The number of carbonyl (C=O) groups is 1. The van der Waals surface area contributed by atoms with Gasteiger partial charge in [0.1, 0.15) is 0 Å². The van der Waals surface area contributed by atoms with Gasteiger partial charge in [0, 0.05) is 24.5 Å². The van der Waals surface area contributed by atoms with Gasteiger partial charge in [-0.05, 0) is 32.1 Å². The van der Waals surface area contributed by atoms with Crippen LogP contribution in [0.15, 0.2) is 0 Å². The van der Waals surface area contributed by atoms with Gasteiger partial charge >= 0.3 is 0 Å². The van der Waals surface area contributed by atoms with Gasteiger partial charge in [-0.3, -0.25) is 4.79 Å². The standard InChI is InChI=1S/C15H28N2O/c1-2-15(9-10-15)14(18)17-12-11-16-13-7-5-3-4-6-8-13/h13,16H,2-12H2,1H3,(H,17,18). The molecule has 18 heavy (non-hydrogen) atoms. The number of hydrogen-bond acceptors (Lipinski definition) is 2. The van der Waals surface area contributed by atoms with Crippen molar-refractivity contribution in [3.05, 3.63) is 0 Å². The van der Waals surface area contributed by atoms with E-state index in [0.717, 1.165) is 32.4 Å². The SMILES string of the molecule is CCC1(C(=O)NCCNC2CCCCCC2)CC1. The summed E-state index contributed by atoms with van der Waals surface area (Å²) in [6.45, 7) is 3.84. The molecule has 0 spiro atoms. The van der Waals surface area contributed by atoms with Crippen molar-refractivity contribution in [2.45, 2.75) is 70.8 Å². The van der Waals surface area contributed by atoms with Crippen molar-refractivity contribution in [2.75, 3.05) is 13.1 Å². The molecular weight excluding hydrogens is 224 g/mol. The highest BCUT2D eigenvalue weighted by Crippen LogP contribution is 2.48. The second-order valence-corrected chi connectivity index (χ2v) is 6.03. The van der Waals surface area contributed by atoms with E-state index < -0.39 is 0 Å². The molecular formula is C15H28N2O. The van der Waals surface area contributed by atoms with Crippen LogP contribution in [0, 0.1) is 5.41 Å². The average molecular weight is 252 g/mol. The lowest BCUT2D eigenvalue weighted by atomic mass is 10.0. The Morgan fingerprint density at radius 2 is 1.78 bits per heavy atom. The second-order valence-electron chi connectivity index (χ2n) is 6.03. The minimum absolute atomic E-state index is 0.0162. The predicted octanol–water partition coefficient (Wildman–Crippen LogP) is 2.61. The molecule has 3 heteroatoms. The summed E-state index contributed by atoms with van der Waals surface area (Å²) in [5.74, 6) is 0.285. The maximum Gasteiger partial charge on any atom is 0.226 e. The molecule has 0 unspecified atom stereocenters. The van der Waals surface area contributed by atoms with Crippen LogP contribution in [-0.4, -0.2) is 25.0 Å². The Labute approximate surface area is 111 Å². The fourth-order valence-corrected chi connectivity index (χ4v) is 3.02. The fraction of sp³-hybridized carbons (Fsp3) is 0.933. The normalized spacial score (nSPS) is 23.4. The smallest absolute Gasteiger partial charge is 0.226 e. The van der Waals surface area contributed by atoms with Crippen LogP contribution in [0.3, 0.4) is 0 Å². The zero-order valence-corrected chi connectivity index (χ0v) is 11.8. The molecule has 0 aromatic rings. The number of rotatable bonds is 6.